The summed E-state index contributed by atoms with van der Waals surface area (Å²) in [4.78, 5) is 12.8. The second kappa shape index (κ2) is 5.55. The van der Waals surface area contributed by atoms with E-state index in [0.29, 0.717) is 36.1 Å². The Morgan fingerprint density at radius 3 is 2.67 bits per heavy atom. The number of rotatable bonds is 1. The minimum Gasteiger partial charge on any atom is -0.361 e. The monoisotopic (exact) mass is 347 g/mol. The number of ketones is 1. The number of halogens is 1. The zero-order valence-corrected chi connectivity index (χ0v) is 14.0. The molecule has 0 amide bonds. The summed E-state index contributed by atoms with van der Waals surface area (Å²) in [6, 6.07) is 5.95. The first-order chi connectivity index (χ1) is 11.5. The maximum atomic E-state index is 13.8. The first-order valence-electron chi connectivity index (χ1n) is 8.22. The summed E-state index contributed by atoms with van der Waals surface area (Å²) in [6.45, 7) is 0. The highest BCUT2D eigenvalue weighted by atomic mass is 32.2. The number of hydrogen-bond donors (Lipinski definition) is 1. The number of nitrogens with one attached hydrogen (secondary N) is 1. The summed E-state index contributed by atoms with van der Waals surface area (Å²) in [5, 5.41) is 3.22. The maximum absolute atomic E-state index is 13.8. The molecule has 0 bridgehead atoms. The Kier molecular flexibility index (Phi) is 3.60. The molecule has 1 unspecified atom stereocenters. The largest absolute Gasteiger partial charge is 0.361 e. The predicted molar refractivity (Wildman–Crippen MR) is 88.2 cm³/mol. The van der Waals surface area contributed by atoms with Crippen LogP contribution in [0.15, 0.2) is 46.1 Å². The normalized spacial score (nSPS) is 25.9. The molecule has 0 saturated heterocycles. The van der Waals surface area contributed by atoms with Crippen LogP contribution in [0.5, 0.6) is 0 Å². The number of sulfone groups is 1. The molecule has 1 aliphatic carbocycles. The van der Waals surface area contributed by atoms with Gasteiger partial charge in [-0.2, -0.15) is 0 Å². The number of carbonyl (C=O) groups is 1. The van der Waals surface area contributed by atoms with E-state index in [2.05, 4.69) is 5.32 Å². The predicted octanol–water partition coefficient (Wildman–Crippen LogP) is 2.94. The van der Waals surface area contributed by atoms with Crippen LogP contribution in [0.2, 0.25) is 0 Å². The Hall–Kier alpha value is -1.95. The number of hydrogen-bond acceptors (Lipinski definition) is 4. The van der Waals surface area contributed by atoms with Crippen molar-refractivity contribution in [1.82, 2.24) is 5.32 Å². The molecule has 4 nitrogen and oxygen atoms in total. The van der Waals surface area contributed by atoms with Crippen molar-refractivity contribution < 1.29 is 17.6 Å². The Labute approximate surface area is 140 Å². The molecule has 2 heterocycles. The van der Waals surface area contributed by atoms with Crippen LogP contribution >= 0.6 is 0 Å². The summed E-state index contributed by atoms with van der Waals surface area (Å²) in [6.07, 6.45) is 3.11. The van der Waals surface area contributed by atoms with Crippen LogP contribution in [0.3, 0.4) is 0 Å². The minimum atomic E-state index is -3.46. The Bertz CT molecular complexity index is 899. The van der Waals surface area contributed by atoms with Crippen molar-refractivity contribution in [3.05, 3.63) is 57.5 Å². The van der Waals surface area contributed by atoms with Crippen molar-refractivity contribution in [3.8, 4) is 0 Å². The van der Waals surface area contributed by atoms with Gasteiger partial charge >= 0.3 is 0 Å². The molecule has 4 rings (SSSR count). The molecule has 3 aliphatic rings. The fraction of sp³-hybridized carbons (Fsp3) is 0.389. The molecule has 1 N–H and O–H groups in total. The van der Waals surface area contributed by atoms with Crippen molar-refractivity contribution in [2.75, 3.05) is 5.75 Å². The number of dihydropyridines is 1. The second-order valence-corrected chi connectivity index (χ2v) is 8.62. The fourth-order valence-corrected chi connectivity index (χ4v) is 5.87. The Morgan fingerprint density at radius 1 is 1.08 bits per heavy atom. The third kappa shape index (κ3) is 2.40. The van der Waals surface area contributed by atoms with E-state index < -0.39 is 21.6 Å². The van der Waals surface area contributed by atoms with Gasteiger partial charge in [0.2, 0.25) is 0 Å². The van der Waals surface area contributed by atoms with Gasteiger partial charge < -0.3 is 5.32 Å². The maximum Gasteiger partial charge on any atom is 0.177 e. The third-order valence-electron chi connectivity index (χ3n) is 4.96. The van der Waals surface area contributed by atoms with Gasteiger partial charge in [-0.15, -0.1) is 0 Å². The van der Waals surface area contributed by atoms with E-state index in [1.807, 2.05) is 0 Å². The summed E-state index contributed by atoms with van der Waals surface area (Å²) >= 11 is 0. The standard InChI is InChI=1S/C18H18FNO3S/c19-12-5-1-4-11(10-12)16-17-13(6-2-8-15(17)21)20-14-7-3-9-24(22,23)18(14)16/h1,4-5,10,16,20H,2-3,6-9H2. The smallest absolute Gasteiger partial charge is 0.177 e. The van der Waals surface area contributed by atoms with Crippen LogP contribution in [0.4, 0.5) is 4.39 Å². The molecule has 0 spiro atoms. The highest BCUT2D eigenvalue weighted by Crippen LogP contribution is 2.46. The summed E-state index contributed by atoms with van der Waals surface area (Å²) in [5.41, 5.74) is 2.55. The molecular formula is C18H18FNO3S. The van der Waals surface area contributed by atoms with Crippen molar-refractivity contribution in [2.45, 2.75) is 38.0 Å². The summed E-state index contributed by atoms with van der Waals surface area (Å²) in [7, 11) is -3.46. The Morgan fingerprint density at radius 2 is 1.88 bits per heavy atom. The van der Waals surface area contributed by atoms with Gasteiger partial charge in [-0.1, -0.05) is 12.1 Å². The lowest BCUT2D eigenvalue weighted by Gasteiger charge is -2.37. The van der Waals surface area contributed by atoms with E-state index in [9.17, 15) is 17.6 Å². The molecule has 6 heteroatoms. The number of allylic oxidation sites excluding steroid dienone is 4. The van der Waals surface area contributed by atoms with Crippen LogP contribution in [0.1, 0.15) is 43.6 Å². The number of Topliss-reactive ketones (excluding diaryl/α,β-unsaturated/α-hetero) is 1. The molecule has 126 valence electrons. The van der Waals surface area contributed by atoms with E-state index >= 15 is 0 Å². The summed E-state index contributed by atoms with van der Waals surface area (Å²) < 4.78 is 39.3. The van der Waals surface area contributed by atoms with Gasteiger partial charge in [0.1, 0.15) is 5.82 Å². The molecule has 0 saturated carbocycles. The lowest BCUT2D eigenvalue weighted by Crippen LogP contribution is -2.37. The Balaban J connectivity index is 1.97. The van der Waals surface area contributed by atoms with E-state index in [-0.39, 0.29) is 16.4 Å². The second-order valence-electron chi connectivity index (χ2n) is 6.55. The van der Waals surface area contributed by atoms with E-state index in [1.165, 1.54) is 12.1 Å². The molecule has 0 aromatic heterocycles. The van der Waals surface area contributed by atoms with E-state index in [1.54, 1.807) is 12.1 Å². The molecule has 1 atom stereocenters. The van der Waals surface area contributed by atoms with Gasteiger partial charge in [0.25, 0.3) is 0 Å². The average molecular weight is 347 g/mol. The number of benzene rings is 1. The van der Waals surface area contributed by atoms with E-state index in [0.717, 1.165) is 18.5 Å². The molecule has 1 aromatic carbocycles. The molecule has 24 heavy (non-hydrogen) atoms. The van der Waals surface area contributed by atoms with Gasteiger partial charge in [-0.3, -0.25) is 4.79 Å². The zero-order chi connectivity index (χ0) is 16.9. The fourth-order valence-electron chi connectivity index (χ4n) is 3.98. The highest BCUT2D eigenvalue weighted by molar-refractivity contribution is 7.95. The molecule has 0 fully saturated rings. The van der Waals surface area contributed by atoms with Crippen molar-refractivity contribution >= 4 is 15.6 Å². The summed E-state index contributed by atoms with van der Waals surface area (Å²) in [5.74, 6) is -1.06. The van der Waals surface area contributed by atoms with Crippen molar-refractivity contribution in [3.63, 3.8) is 0 Å². The van der Waals surface area contributed by atoms with Gasteiger partial charge in [-0.05, 0) is 43.4 Å². The topological polar surface area (TPSA) is 63.2 Å². The van der Waals surface area contributed by atoms with Crippen LogP contribution < -0.4 is 5.32 Å². The zero-order valence-electron chi connectivity index (χ0n) is 13.1. The van der Waals surface area contributed by atoms with E-state index in [4.69, 9.17) is 0 Å². The first-order valence-corrected chi connectivity index (χ1v) is 9.87. The average Bonchev–Trinajstić information content (AvgIpc) is 2.53. The quantitative estimate of drug-likeness (QED) is 0.848. The molecule has 2 aliphatic heterocycles. The minimum absolute atomic E-state index is 0.0367. The SMILES string of the molecule is O=C1CCCC2=C1C(c1cccc(F)c1)C1=C(CCCS1(=O)=O)N2. The number of carbonyl (C=O) groups excluding carboxylic acids is 1. The third-order valence-corrected chi connectivity index (χ3v) is 6.94. The van der Waals surface area contributed by atoms with Crippen LogP contribution in [-0.4, -0.2) is 20.0 Å². The molecule has 0 radical (unpaired) electrons. The van der Waals surface area contributed by atoms with Gasteiger partial charge in [0, 0.05) is 23.4 Å². The van der Waals surface area contributed by atoms with Crippen molar-refractivity contribution in [1.29, 1.82) is 0 Å². The van der Waals surface area contributed by atoms with Crippen LogP contribution in [-0.2, 0) is 14.6 Å². The van der Waals surface area contributed by atoms with Crippen LogP contribution in [0, 0.1) is 5.82 Å². The lowest BCUT2D eigenvalue weighted by molar-refractivity contribution is -0.116. The van der Waals surface area contributed by atoms with Crippen molar-refractivity contribution in [2.24, 2.45) is 0 Å². The molecule has 1 aromatic rings. The first kappa shape index (κ1) is 15.6. The van der Waals surface area contributed by atoms with Gasteiger partial charge in [-0.25, -0.2) is 12.8 Å². The van der Waals surface area contributed by atoms with Crippen LogP contribution in [0.25, 0.3) is 0 Å². The highest BCUT2D eigenvalue weighted by Gasteiger charge is 2.42. The van der Waals surface area contributed by atoms with Gasteiger partial charge in [0.05, 0.1) is 16.6 Å². The lowest BCUT2D eigenvalue weighted by atomic mass is 9.79. The molecular weight excluding hydrogens is 329 g/mol. The van der Waals surface area contributed by atoms with Gasteiger partial charge in [0.15, 0.2) is 15.6 Å².